The van der Waals surface area contributed by atoms with Gasteiger partial charge in [-0.2, -0.15) is 25.5 Å². The van der Waals surface area contributed by atoms with Crippen molar-refractivity contribution >= 4 is 55.0 Å². The van der Waals surface area contributed by atoms with E-state index in [1.165, 1.54) is 5.56 Å². The van der Waals surface area contributed by atoms with Crippen LogP contribution < -0.4 is 5.73 Å². The first-order valence-electron chi connectivity index (χ1n) is 37.2. The third-order valence-electron chi connectivity index (χ3n) is 18.0. The molecule has 15 heterocycles. The molecule has 13 N–H and O–H groups in total. The smallest absolute Gasteiger partial charge is 0.126 e. The molecular formula is C87H92N20O7. The summed E-state index contributed by atoms with van der Waals surface area (Å²) < 4.78 is 14.0. The molecule has 0 saturated carbocycles. The Hall–Kier alpha value is -13.0. The molecule has 1 aliphatic heterocycles. The first-order valence-corrected chi connectivity index (χ1v) is 37.2. The molecule has 0 amide bonds. The van der Waals surface area contributed by atoms with Crippen LogP contribution in [0.4, 0.5) is 5.82 Å². The summed E-state index contributed by atoms with van der Waals surface area (Å²) in [7, 11) is 1.98. The molecule has 1 atom stereocenters. The topological polar surface area (TPSA) is 384 Å². The average Bonchev–Trinajstić information content (AvgIpc) is 1.64. The number of aliphatic hydroxyl groups excluding tert-OH is 1. The molecular weight excluding hydrogens is 1440 g/mol. The number of allylic oxidation sites excluding steroid dienone is 1. The number of fused-ring (bicyclic) bond motifs is 5. The van der Waals surface area contributed by atoms with Crippen LogP contribution in [-0.4, -0.2) is 173 Å². The summed E-state index contributed by atoms with van der Waals surface area (Å²) in [5.74, 6) is 29.6. The van der Waals surface area contributed by atoms with E-state index in [1.807, 2.05) is 110 Å². The van der Waals surface area contributed by atoms with Crippen LogP contribution in [0.1, 0.15) is 134 Å². The molecule has 2 aliphatic rings. The molecule has 0 bridgehead atoms. The summed E-state index contributed by atoms with van der Waals surface area (Å²) in [6, 6.07) is 9.74. The maximum Gasteiger partial charge on any atom is 0.126 e. The second-order valence-electron chi connectivity index (χ2n) is 30.3. The predicted molar refractivity (Wildman–Crippen MR) is 440 cm³/mol. The highest BCUT2D eigenvalue weighted by molar-refractivity contribution is 6.00. The fraction of sp³-hybridized carbons (Fsp3) is 0.310. The van der Waals surface area contributed by atoms with E-state index in [2.05, 4.69) is 168 Å². The summed E-state index contributed by atoms with van der Waals surface area (Å²) in [4.78, 5) is 21.9. The molecule has 14 aromatic rings. The Labute approximate surface area is 659 Å². The molecule has 0 radical (unpaired) electrons. The van der Waals surface area contributed by atoms with E-state index in [9.17, 15) is 25.5 Å². The molecule has 1 aliphatic carbocycles. The number of nitrogen functional groups attached to an aromatic ring is 1. The number of nitrogens with one attached hydrogen (secondary N) is 5. The Kier molecular flexibility index (Phi) is 24.3. The Bertz CT molecular complexity index is 6070. The number of nitrogens with zero attached hydrogens (tertiary/aromatic N) is 14. The number of aliphatic hydroxyl groups is 6. The number of rotatable bonds is 11. The van der Waals surface area contributed by atoms with Crippen molar-refractivity contribution in [2.45, 2.75) is 143 Å². The van der Waals surface area contributed by atoms with Crippen molar-refractivity contribution in [2.75, 3.05) is 25.6 Å². The number of hydrogen-bond acceptors (Lipinski definition) is 18. The second kappa shape index (κ2) is 34.3. The van der Waals surface area contributed by atoms with Crippen LogP contribution in [0.5, 0.6) is 0 Å². The van der Waals surface area contributed by atoms with Gasteiger partial charge in [-0.3, -0.25) is 25.5 Å². The average molecular weight is 1530 g/mol. The molecule has 582 valence electrons. The maximum absolute atomic E-state index is 9.83. The molecule has 1 saturated heterocycles. The largest absolute Gasteiger partial charge is 0.396 e. The predicted octanol–water partition coefficient (Wildman–Crippen LogP) is 10.7. The minimum Gasteiger partial charge on any atom is -0.396 e. The van der Waals surface area contributed by atoms with Gasteiger partial charge in [-0.05, 0) is 172 Å². The monoisotopic (exact) mass is 1530 g/mol. The van der Waals surface area contributed by atoms with Crippen molar-refractivity contribution in [1.29, 1.82) is 0 Å². The van der Waals surface area contributed by atoms with Crippen molar-refractivity contribution in [3.63, 3.8) is 0 Å². The van der Waals surface area contributed by atoms with E-state index in [4.69, 9.17) is 15.6 Å². The van der Waals surface area contributed by atoms with Gasteiger partial charge in [0.15, 0.2) is 0 Å². The van der Waals surface area contributed by atoms with Gasteiger partial charge in [0, 0.05) is 173 Å². The molecule has 114 heavy (non-hydrogen) atoms. The van der Waals surface area contributed by atoms with Crippen molar-refractivity contribution < 1.29 is 35.4 Å². The van der Waals surface area contributed by atoms with Crippen LogP contribution in [0.2, 0.25) is 0 Å². The zero-order valence-corrected chi connectivity index (χ0v) is 65.7. The Balaban J connectivity index is 0.000000132. The van der Waals surface area contributed by atoms with Gasteiger partial charge in [0.25, 0.3) is 0 Å². The number of aromatic amines is 5. The maximum atomic E-state index is 9.83. The Morgan fingerprint density at radius 2 is 0.868 bits per heavy atom. The van der Waals surface area contributed by atoms with Crippen molar-refractivity contribution in [1.82, 2.24) is 94.2 Å². The second-order valence-corrected chi connectivity index (χ2v) is 30.3. The summed E-state index contributed by atoms with van der Waals surface area (Å²) in [6.07, 6.45) is 38.6. The fourth-order valence-corrected chi connectivity index (χ4v) is 12.6. The molecule has 0 spiro atoms. The van der Waals surface area contributed by atoms with Crippen LogP contribution >= 0.6 is 0 Å². The first-order chi connectivity index (χ1) is 54.3. The van der Waals surface area contributed by atoms with E-state index < -0.39 is 28.0 Å². The van der Waals surface area contributed by atoms with E-state index in [0.29, 0.717) is 53.2 Å². The normalized spacial score (nSPS) is 13.2. The lowest BCUT2D eigenvalue weighted by Gasteiger charge is -2.10. The number of hydrogen-bond donors (Lipinski definition) is 12. The summed E-state index contributed by atoms with van der Waals surface area (Å²) in [6.45, 7) is 22.8. The van der Waals surface area contributed by atoms with Gasteiger partial charge in [-0.25, -0.2) is 24.9 Å². The number of H-pyrrole nitrogens is 5. The van der Waals surface area contributed by atoms with Gasteiger partial charge >= 0.3 is 0 Å². The van der Waals surface area contributed by atoms with E-state index in [-0.39, 0.29) is 6.61 Å². The zero-order chi connectivity index (χ0) is 81.1. The van der Waals surface area contributed by atoms with Gasteiger partial charge in [-0.1, -0.05) is 35.7 Å². The standard InChI is InChI=1S/C20H22N4O2.C18H20N4O2.C17H19N5O.C16H16N4O.C16H15N3O/c1-20(2,25)5-3-16-7-17-18(15-8-22-23-9-15)12-24(19(17)10-21-16)11-14-4-6-26-13-14;1-18(2,24)5-4-14-8-15-16(13-9-20-21-10-13)12-22(6-3-7-23)17(15)11-19-14;1-4-22-10-14(13-8-20-21-16(13)18)12-7-11(19-9-15(12)22)5-6-17(2,3)23;1-16(2,21)5-4-12-6-13-14(11-7-18-19-8-11)10-20(3)15(13)9-17-12;1-16(2,20)6-5-13-7-15-11(8-17-13)3-4-14(15)12-9-18-19-10-12/h7-10,12,14,25H,4,6,11,13H2,1-2H3,(H,22,23);8-12,23-24H,3,6-7H2,1-2H3,(H,20,21);7-10,23H,4H2,1-3H3,(H3,18,20,21);6-10,21H,1-3H3,(H,18,19);4,7-10,20H,3H2,1-2H3,(H,18,19). The van der Waals surface area contributed by atoms with Gasteiger partial charge in [0.1, 0.15) is 62.3 Å². The van der Waals surface area contributed by atoms with Gasteiger partial charge in [0.05, 0.1) is 84.4 Å². The molecule has 1 fully saturated rings. The molecule has 1 unspecified atom stereocenters. The Morgan fingerprint density at radius 1 is 0.465 bits per heavy atom. The summed E-state index contributed by atoms with van der Waals surface area (Å²) in [5, 5.41) is 96.1. The van der Waals surface area contributed by atoms with E-state index >= 15 is 0 Å². The first kappa shape index (κ1) is 80.5. The number of ether oxygens (including phenoxy) is 1. The SMILES string of the molecule is CC(C)(O)C#Cc1cc2c(-c3cn[nH]c3)cn(CC3CCOC3)c2cn1.CC(C)(O)C#Cc1cc2c(-c3cn[nH]c3)cn(CCCO)c2cn1.CC(C)(O)C#Cc1cc2c(cn1)CC=C2c1cn[nH]c1.CCn1cc(-c2cn[nH]c2N)c2cc(C#CC(C)(C)O)ncc21.Cn1cc(-c2cn[nH]c2)c2cc(C#CC(C)(C)O)ncc21. The van der Waals surface area contributed by atoms with Crippen LogP contribution in [0.15, 0.2) is 148 Å². The lowest BCUT2D eigenvalue weighted by atomic mass is 10.0. The molecule has 16 rings (SSSR count). The molecule has 0 aromatic carbocycles. The quantitative estimate of drug-likeness (QED) is 0.0535. The lowest BCUT2D eigenvalue weighted by Crippen LogP contribution is -2.14. The number of aromatic nitrogens is 19. The number of pyridine rings is 5. The minimum absolute atomic E-state index is 0.142. The van der Waals surface area contributed by atoms with E-state index in [1.54, 1.807) is 106 Å². The minimum atomic E-state index is -1.06. The molecule has 27 heteroatoms. The van der Waals surface area contributed by atoms with Crippen LogP contribution in [0, 0.1) is 65.1 Å². The van der Waals surface area contributed by atoms with Crippen LogP contribution in [-0.2, 0) is 37.8 Å². The van der Waals surface area contributed by atoms with Crippen molar-refractivity contribution in [3.8, 4) is 104 Å². The van der Waals surface area contributed by atoms with Crippen LogP contribution in [0.3, 0.4) is 0 Å². The Morgan fingerprint density at radius 3 is 1.29 bits per heavy atom. The highest BCUT2D eigenvalue weighted by Gasteiger charge is 2.23. The molecule has 27 nitrogen and oxygen atoms in total. The summed E-state index contributed by atoms with van der Waals surface area (Å²) in [5.41, 5.74) is 20.7. The van der Waals surface area contributed by atoms with Crippen molar-refractivity contribution in [2.24, 2.45) is 13.0 Å². The molecule has 14 aromatic heterocycles. The van der Waals surface area contributed by atoms with Gasteiger partial charge in [0.2, 0.25) is 0 Å². The van der Waals surface area contributed by atoms with Crippen LogP contribution in [0.25, 0.3) is 93.7 Å². The highest BCUT2D eigenvalue weighted by atomic mass is 16.5. The lowest BCUT2D eigenvalue weighted by molar-refractivity contribution is 0.143. The zero-order valence-electron chi connectivity index (χ0n) is 65.7. The third kappa shape index (κ3) is 20.8. The fourth-order valence-electron chi connectivity index (χ4n) is 12.6. The number of nitrogens with two attached hydrogens (primary N) is 1. The highest BCUT2D eigenvalue weighted by Crippen LogP contribution is 2.37. The summed E-state index contributed by atoms with van der Waals surface area (Å²) >= 11 is 0. The number of anilines is 1. The third-order valence-corrected chi connectivity index (χ3v) is 18.0. The van der Waals surface area contributed by atoms with Crippen molar-refractivity contribution in [3.05, 3.63) is 193 Å². The van der Waals surface area contributed by atoms with E-state index in [0.717, 1.165) is 144 Å². The van der Waals surface area contributed by atoms with Gasteiger partial charge in [-0.15, -0.1) is 0 Å². The number of aryl methyl sites for hydroxylation is 3. The van der Waals surface area contributed by atoms with Gasteiger partial charge < -0.3 is 59.4 Å².